The first-order valence-corrected chi connectivity index (χ1v) is 5.99. The van der Waals surface area contributed by atoms with Gasteiger partial charge in [-0.15, -0.1) is 0 Å². The van der Waals surface area contributed by atoms with Gasteiger partial charge in [-0.05, 0) is 23.8 Å². The average molecular weight is 262 g/mol. The highest BCUT2D eigenvalue weighted by Crippen LogP contribution is 2.31. The number of hydrogen-bond donors (Lipinski definition) is 1. The molecular weight excluding hydrogens is 252 g/mol. The van der Waals surface area contributed by atoms with Crippen molar-refractivity contribution in [2.75, 3.05) is 0 Å². The predicted molar refractivity (Wildman–Crippen MR) is 67.4 cm³/mol. The predicted octanol–water partition coefficient (Wildman–Crippen LogP) is 2.63. The Morgan fingerprint density at radius 1 is 1.33 bits per heavy atom. The lowest BCUT2D eigenvalue weighted by Gasteiger charge is -2.06. The Labute approximate surface area is 108 Å². The van der Waals surface area contributed by atoms with E-state index in [1.165, 1.54) is 23.9 Å². The van der Waals surface area contributed by atoms with E-state index in [9.17, 15) is 15.2 Å². The molecule has 5 nitrogen and oxygen atoms in total. The first-order valence-electron chi connectivity index (χ1n) is 5.18. The summed E-state index contributed by atoms with van der Waals surface area (Å²) in [6, 6.07) is 9.94. The highest BCUT2D eigenvalue weighted by atomic mass is 32.2. The molecule has 0 aliphatic carbocycles. The number of rotatable bonds is 4. The van der Waals surface area contributed by atoms with Crippen molar-refractivity contribution in [3.63, 3.8) is 0 Å². The zero-order valence-electron chi connectivity index (χ0n) is 9.31. The molecule has 0 amide bonds. The summed E-state index contributed by atoms with van der Waals surface area (Å²) < 4.78 is 0. The molecule has 0 saturated heterocycles. The van der Waals surface area contributed by atoms with Gasteiger partial charge in [-0.3, -0.25) is 10.1 Å². The van der Waals surface area contributed by atoms with E-state index in [4.69, 9.17) is 0 Å². The number of aliphatic hydroxyl groups is 1. The molecule has 0 aliphatic heterocycles. The van der Waals surface area contributed by atoms with Crippen molar-refractivity contribution in [3.8, 4) is 0 Å². The molecule has 18 heavy (non-hydrogen) atoms. The molecule has 0 aliphatic rings. The number of hydrogen-bond acceptors (Lipinski definition) is 5. The quantitative estimate of drug-likeness (QED) is 0.677. The van der Waals surface area contributed by atoms with Crippen LogP contribution >= 0.6 is 11.8 Å². The van der Waals surface area contributed by atoms with E-state index in [0.29, 0.717) is 5.56 Å². The number of non-ortho nitro benzene ring substituents is 1. The van der Waals surface area contributed by atoms with Gasteiger partial charge < -0.3 is 5.11 Å². The third kappa shape index (κ3) is 2.85. The Kier molecular flexibility index (Phi) is 3.91. The molecule has 0 unspecified atom stereocenters. The zero-order valence-corrected chi connectivity index (χ0v) is 10.1. The molecule has 6 heteroatoms. The Bertz CT molecular complexity index is 561. The second-order valence-corrected chi connectivity index (χ2v) is 4.54. The van der Waals surface area contributed by atoms with Crippen LogP contribution in [0.25, 0.3) is 0 Å². The average Bonchev–Trinajstić information content (AvgIpc) is 2.40. The van der Waals surface area contributed by atoms with E-state index in [-0.39, 0.29) is 12.3 Å². The second-order valence-electron chi connectivity index (χ2n) is 3.48. The molecule has 1 aromatic heterocycles. The smallest absolute Gasteiger partial charge is 0.269 e. The van der Waals surface area contributed by atoms with Crippen LogP contribution in [0.1, 0.15) is 5.56 Å². The summed E-state index contributed by atoms with van der Waals surface area (Å²) in [7, 11) is 0. The van der Waals surface area contributed by atoms with E-state index < -0.39 is 4.92 Å². The van der Waals surface area contributed by atoms with Gasteiger partial charge in [0.1, 0.15) is 5.03 Å². The fourth-order valence-corrected chi connectivity index (χ4v) is 2.30. The van der Waals surface area contributed by atoms with Gasteiger partial charge in [0, 0.05) is 23.2 Å². The molecule has 0 atom stereocenters. The van der Waals surface area contributed by atoms with E-state index in [2.05, 4.69) is 4.98 Å². The van der Waals surface area contributed by atoms with Crippen molar-refractivity contribution in [3.05, 3.63) is 58.3 Å². The SMILES string of the molecule is O=[N+]([O-])c1ccc(Sc2ccccn2)c(CO)c1. The normalized spacial score (nSPS) is 10.3. The maximum absolute atomic E-state index is 10.6. The van der Waals surface area contributed by atoms with Crippen LogP contribution in [0, 0.1) is 10.1 Å². The zero-order chi connectivity index (χ0) is 13.0. The maximum Gasteiger partial charge on any atom is 0.269 e. The van der Waals surface area contributed by atoms with Crippen LogP contribution in [0.5, 0.6) is 0 Å². The molecule has 0 saturated carbocycles. The minimum atomic E-state index is -0.478. The molecule has 92 valence electrons. The van der Waals surface area contributed by atoms with Crippen LogP contribution in [0.15, 0.2) is 52.5 Å². The summed E-state index contributed by atoms with van der Waals surface area (Å²) in [5.74, 6) is 0. The highest BCUT2D eigenvalue weighted by Gasteiger charge is 2.11. The van der Waals surface area contributed by atoms with E-state index >= 15 is 0 Å². The van der Waals surface area contributed by atoms with Crippen molar-refractivity contribution >= 4 is 17.4 Å². The molecule has 1 N–H and O–H groups in total. The summed E-state index contributed by atoms with van der Waals surface area (Å²) in [4.78, 5) is 15.1. The van der Waals surface area contributed by atoms with Crippen LogP contribution in [0.3, 0.4) is 0 Å². The molecule has 0 fully saturated rings. The number of pyridine rings is 1. The Morgan fingerprint density at radius 3 is 2.78 bits per heavy atom. The fraction of sp³-hybridized carbons (Fsp3) is 0.0833. The number of aliphatic hydroxyl groups excluding tert-OH is 1. The Balaban J connectivity index is 2.31. The van der Waals surface area contributed by atoms with E-state index in [1.807, 2.05) is 18.2 Å². The van der Waals surface area contributed by atoms with Gasteiger partial charge in [-0.2, -0.15) is 0 Å². The van der Waals surface area contributed by atoms with Crippen molar-refractivity contribution in [2.24, 2.45) is 0 Å². The molecular formula is C12H10N2O3S. The minimum Gasteiger partial charge on any atom is -0.392 e. The summed E-state index contributed by atoms with van der Waals surface area (Å²) in [6.45, 7) is -0.239. The summed E-state index contributed by atoms with van der Waals surface area (Å²) in [5.41, 5.74) is 0.504. The van der Waals surface area contributed by atoms with Crippen LogP contribution in [0.2, 0.25) is 0 Å². The van der Waals surface area contributed by atoms with Gasteiger partial charge in [0.15, 0.2) is 0 Å². The van der Waals surface area contributed by atoms with Gasteiger partial charge >= 0.3 is 0 Å². The van der Waals surface area contributed by atoms with Gasteiger partial charge in [0.25, 0.3) is 5.69 Å². The molecule has 2 rings (SSSR count). The van der Waals surface area contributed by atoms with Crippen LogP contribution < -0.4 is 0 Å². The molecule has 1 aromatic carbocycles. The minimum absolute atomic E-state index is 0.0237. The van der Waals surface area contributed by atoms with Crippen molar-refractivity contribution in [1.82, 2.24) is 4.98 Å². The lowest BCUT2D eigenvalue weighted by molar-refractivity contribution is -0.385. The van der Waals surface area contributed by atoms with Gasteiger partial charge in [-0.25, -0.2) is 4.98 Å². The highest BCUT2D eigenvalue weighted by molar-refractivity contribution is 7.99. The van der Waals surface area contributed by atoms with E-state index in [0.717, 1.165) is 9.92 Å². The summed E-state index contributed by atoms with van der Waals surface area (Å²) >= 11 is 1.37. The largest absolute Gasteiger partial charge is 0.392 e. The lowest BCUT2D eigenvalue weighted by atomic mass is 10.2. The lowest BCUT2D eigenvalue weighted by Crippen LogP contribution is -1.93. The summed E-state index contributed by atoms with van der Waals surface area (Å²) in [6.07, 6.45) is 1.67. The monoisotopic (exact) mass is 262 g/mol. The number of benzene rings is 1. The topological polar surface area (TPSA) is 76.3 Å². The van der Waals surface area contributed by atoms with Crippen molar-refractivity contribution < 1.29 is 10.0 Å². The Morgan fingerprint density at radius 2 is 2.17 bits per heavy atom. The molecule has 1 heterocycles. The number of aromatic nitrogens is 1. The number of nitro benzene ring substituents is 1. The second kappa shape index (κ2) is 5.61. The maximum atomic E-state index is 10.6. The van der Waals surface area contributed by atoms with Crippen LogP contribution in [-0.2, 0) is 6.61 Å². The first-order chi connectivity index (χ1) is 8.70. The van der Waals surface area contributed by atoms with Crippen molar-refractivity contribution in [2.45, 2.75) is 16.5 Å². The standard InChI is InChI=1S/C12H10N2O3S/c15-8-9-7-10(14(16)17)4-5-11(9)18-12-3-1-2-6-13-12/h1-7,15H,8H2. The van der Waals surface area contributed by atoms with Gasteiger partial charge in [0.05, 0.1) is 11.5 Å². The summed E-state index contributed by atoms with van der Waals surface area (Å²) in [5, 5.41) is 20.7. The van der Waals surface area contributed by atoms with E-state index in [1.54, 1.807) is 12.3 Å². The Hall–Kier alpha value is -1.92. The number of nitrogens with zero attached hydrogens (tertiary/aromatic N) is 2. The van der Waals surface area contributed by atoms with Crippen LogP contribution in [0.4, 0.5) is 5.69 Å². The number of nitro groups is 1. The van der Waals surface area contributed by atoms with Crippen molar-refractivity contribution in [1.29, 1.82) is 0 Å². The third-order valence-electron chi connectivity index (χ3n) is 2.28. The third-order valence-corrected chi connectivity index (χ3v) is 3.35. The molecule has 0 spiro atoms. The molecule has 2 aromatic rings. The fourth-order valence-electron chi connectivity index (χ4n) is 1.42. The van der Waals surface area contributed by atoms with Gasteiger partial charge in [-0.1, -0.05) is 17.8 Å². The van der Waals surface area contributed by atoms with Gasteiger partial charge in [0.2, 0.25) is 0 Å². The first kappa shape index (κ1) is 12.5. The molecule has 0 bridgehead atoms. The van der Waals surface area contributed by atoms with Crippen LogP contribution in [-0.4, -0.2) is 15.0 Å². The molecule has 0 radical (unpaired) electrons.